The first-order valence-electron chi connectivity index (χ1n) is 10.1. The van der Waals surface area contributed by atoms with Crippen molar-refractivity contribution in [2.24, 2.45) is 0 Å². The molecule has 2 aromatic rings. The molecular weight excluding hydrogens is 395 g/mol. The number of piperazine rings is 1. The minimum atomic E-state index is -4.33. The first kappa shape index (κ1) is 20.6. The monoisotopic (exact) mass is 421 g/mol. The van der Waals surface area contributed by atoms with E-state index in [0.29, 0.717) is 5.69 Å². The van der Waals surface area contributed by atoms with E-state index in [0.717, 1.165) is 67.6 Å². The lowest BCUT2D eigenvalue weighted by atomic mass is 10.1. The fourth-order valence-corrected chi connectivity index (χ4v) is 5.00. The molecule has 0 radical (unpaired) electrons. The molecule has 2 heterocycles. The van der Waals surface area contributed by atoms with Gasteiger partial charge < -0.3 is 14.7 Å². The molecule has 0 aromatic heterocycles. The summed E-state index contributed by atoms with van der Waals surface area (Å²) in [6, 6.07) is 12.1. The molecule has 29 heavy (non-hydrogen) atoms. The Morgan fingerprint density at radius 3 is 2.31 bits per heavy atom. The van der Waals surface area contributed by atoms with Gasteiger partial charge in [0.2, 0.25) is 0 Å². The van der Waals surface area contributed by atoms with Gasteiger partial charge in [-0.25, -0.2) is 0 Å². The van der Waals surface area contributed by atoms with E-state index in [9.17, 15) is 13.2 Å². The van der Waals surface area contributed by atoms with Crippen LogP contribution in [0.15, 0.2) is 52.3 Å². The Morgan fingerprint density at radius 1 is 0.862 bits per heavy atom. The highest BCUT2D eigenvalue weighted by atomic mass is 32.2. The lowest BCUT2D eigenvalue weighted by molar-refractivity contribution is -0.137. The molecule has 0 aliphatic carbocycles. The summed E-state index contributed by atoms with van der Waals surface area (Å²) in [5, 5.41) is 0. The summed E-state index contributed by atoms with van der Waals surface area (Å²) < 4.78 is 39.9. The number of fused-ring (bicyclic) bond motifs is 2. The van der Waals surface area contributed by atoms with Crippen LogP contribution in [0.3, 0.4) is 0 Å². The van der Waals surface area contributed by atoms with Crippen LogP contribution >= 0.6 is 11.8 Å². The molecule has 1 saturated heterocycles. The van der Waals surface area contributed by atoms with E-state index in [-0.39, 0.29) is 0 Å². The molecule has 0 atom stereocenters. The van der Waals surface area contributed by atoms with Gasteiger partial charge in [0.05, 0.1) is 16.9 Å². The summed E-state index contributed by atoms with van der Waals surface area (Å²) in [7, 11) is 2.15. The van der Waals surface area contributed by atoms with Gasteiger partial charge in [-0.05, 0) is 56.8 Å². The van der Waals surface area contributed by atoms with Gasteiger partial charge >= 0.3 is 6.18 Å². The summed E-state index contributed by atoms with van der Waals surface area (Å²) in [6.45, 7) is 6.16. The van der Waals surface area contributed by atoms with Gasteiger partial charge in [0.15, 0.2) is 0 Å². The van der Waals surface area contributed by atoms with Crippen LogP contribution in [0.25, 0.3) is 0 Å². The predicted molar refractivity (Wildman–Crippen MR) is 112 cm³/mol. The van der Waals surface area contributed by atoms with Crippen molar-refractivity contribution in [3.63, 3.8) is 0 Å². The molecule has 0 unspecified atom stereocenters. The number of alkyl halides is 3. The van der Waals surface area contributed by atoms with Gasteiger partial charge in [0.1, 0.15) is 0 Å². The summed E-state index contributed by atoms with van der Waals surface area (Å²) in [4.78, 5) is 8.87. The van der Waals surface area contributed by atoms with Crippen molar-refractivity contribution in [3.05, 3.63) is 48.0 Å². The Bertz CT molecular complexity index is 847. The summed E-state index contributed by atoms with van der Waals surface area (Å²) >= 11 is 1.55. The van der Waals surface area contributed by atoms with Crippen LogP contribution in [0.2, 0.25) is 0 Å². The molecule has 0 N–H and O–H groups in total. The van der Waals surface area contributed by atoms with E-state index in [1.165, 1.54) is 12.1 Å². The topological polar surface area (TPSA) is 9.72 Å². The number of rotatable bonds is 5. The third-order valence-corrected chi connectivity index (χ3v) is 6.79. The van der Waals surface area contributed by atoms with Crippen molar-refractivity contribution in [1.82, 2.24) is 9.80 Å². The van der Waals surface area contributed by atoms with E-state index in [1.807, 2.05) is 24.3 Å². The zero-order valence-corrected chi connectivity index (χ0v) is 17.4. The molecule has 3 nitrogen and oxygen atoms in total. The first-order chi connectivity index (χ1) is 13.9. The largest absolute Gasteiger partial charge is 0.416 e. The molecule has 0 spiro atoms. The summed E-state index contributed by atoms with van der Waals surface area (Å²) in [5.41, 5.74) is 1.09. The molecule has 156 valence electrons. The van der Waals surface area contributed by atoms with Crippen LogP contribution in [0.4, 0.5) is 24.5 Å². The van der Waals surface area contributed by atoms with E-state index >= 15 is 0 Å². The van der Waals surface area contributed by atoms with Crippen molar-refractivity contribution < 1.29 is 13.2 Å². The number of unbranched alkanes of at least 4 members (excludes halogenated alkanes) is 1. The number of benzene rings is 2. The quantitative estimate of drug-likeness (QED) is 0.603. The number of nitrogens with zero attached hydrogens (tertiary/aromatic N) is 3. The number of para-hydroxylation sites is 1. The Morgan fingerprint density at radius 2 is 1.55 bits per heavy atom. The van der Waals surface area contributed by atoms with E-state index in [4.69, 9.17) is 0 Å². The number of halogens is 3. The number of hydrogen-bond donors (Lipinski definition) is 0. The molecule has 2 aliphatic heterocycles. The highest BCUT2D eigenvalue weighted by Crippen LogP contribution is 2.49. The fraction of sp³-hybridized carbons (Fsp3) is 0.455. The lowest BCUT2D eigenvalue weighted by Crippen LogP contribution is -2.44. The molecule has 2 aliphatic rings. The Balaban J connectivity index is 1.48. The molecule has 1 fully saturated rings. The average molecular weight is 422 g/mol. The number of anilines is 2. The van der Waals surface area contributed by atoms with Crippen LogP contribution in [0, 0.1) is 0 Å². The van der Waals surface area contributed by atoms with Crippen LogP contribution in [-0.2, 0) is 6.18 Å². The second-order valence-electron chi connectivity index (χ2n) is 7.75. The first-order valence-corrected chi connectivity index (χ1v) is 10.9. The summed E-state index contributed by atoms with van der Waals surface area (Å²) in [5.74, 6) is 0. The number of hydrogen-bond acceptors (Lipinski definition) is 4. The fourth-order valence-electron chi connectivity index (χ4n) is 3.92. The predicted octanol–water partition coefficient (Wildman–Crippen LogP) is 5.34. The molecule has 2 aromatic carbocycles. The van der Waals surface area contributed by atoms with Gasteiger partial charge in [0, 0.05) is 42.5 Å². The molecule has 7 heteroatoms. The maximum absolute atomic E-state index is 13.3. The Hall–Kier alpha value is -1.70. The maximum Gasteiger partial charge on any atom is 0.416 e. The smallest absolute Gasteiger partial charge is 0.340 e. The normalized spacial score (nSPS) is 17.9. The van der Waals surface area contributed by atoms with Gasteiger partial charge in [-0.2, -0.15) is 13.2 Å². The van der Waals surface area contributed by atoms with Crippen LogP contribution in [0.1, 0.15) is 18.4 Å². The van der Waals surface area contributed by atoms with Crippen molar-refractivity contribution >= 4 is 23.1 Å². The molecule has 0 saturated carbocycles. The lowest BCUT2D eigenvalue weighted by Gasteiger charge is -2.34. The third kappa shape index (κ3) is 4.73. The highest BCUT2D eigenvalue weighted by Gasteiger charge is 2.33. The Labute approximate surface area is 174 Å². The van der Waals surface area contributed by atoms with Crippen molar-refractivity contribution in [3.8, 4) is 0 Å². The second-order valence-corrected chi connectivity index (χ2v) is 8.84. The van der Waals surface area contributed by atoms with Crippen molar-refractivity contribution in [2.45, 2.75) is 28.8 Å². The SMILES string of the molecule is CN1CCN(CCCCN2c3ccccc3Sc3ccc(C(F)(F)F)cc32)CC1. The zero-order valence-electron chi connectivity index (χ0n) is 16.6. The highest BCUT2D eigenvalue weighted by molar-refractivity contribution is 7.99. The molecular formula is C22H26F3N3S. The van der Waals surface area contributed by atoms with Crippen molar-refractivity contribution in [1.29, 1.82) is 0 Å². The van der Waals surface area contributed by atoms with Gasteiger partial charge in [0.25, 0.3) is 0 Å². The standard InChI is InChI=1S/C22H26F3N3S/c1-26-12-14-27(15-13-26)10-4-5-11-28-18-6-2-3-7-20(18)29-21-9-8-17(16-19(21)28)22(23,24)25/h2-3,6-9,16H,4-5,10-15H2,1H3. The van der Waals surface area contributed by atoms with E-state index in [1.54, 1.807) is 17.8 Å². The molecule has 0 amide bonds. The minimum absolute atomic E-state index is 0.585. The minimum Gasteiger partial charge on any atom is -0.340 e. The van der Waals surface area contributed by atoms with Crippen LogP contribution < -0.4 is 4.90 Å². The maximum atomic E-state index is 13.3. The average Bonchev–Trinajstić information content (AvgIpc) is 2.70. The zero-order chi connectivity index (χ0) is 20.4. The Kier molecular flexibility index (Phi) is 6.08. The van der Waals surface area contributed by atoms with E-state index in [2.05, 4.69) is 21.7 Å². The third-order valence-electron chi connectivity index (χ3n) is 5.65. The van der Waals surface area contributed by atoms with Crippen LogP contribution in [-0.4, -0.2) is 56.1 Å². The van der Waals surface area contributed by atoms with Gasteiger partial charge in [-0.15, -0.1) is 0 Å². The van der Waals surface area contributed by atoms with Gasteiger partial charge in [-0.1, -0.05) is 23.9 Å². The van der Waals surface area contributed by atoms with Crippen molar-refractivity contribution in [2.75, 3.05) is 51.2 Å². The number of likely N-dealkylation sites (N-methyl/N-ethyl adjacent to an activating group) is 1. The van der Waals surface area contributed by atoms with Gasteiger partial charge in [-0.3, -0.25) is 0 Å². The van der Waals surface area contributed by atoms with E-state index < -0.39 is 11.7 Å². The molecule has 0 bridgehead atoms. The molecule has 4 rings (SSSR count). The van der Waals surface area contributed by atoms with Crippen LogP contribution in [0.5, 0.6) is 0 Å². The summed E-state index contributed by atoms with van der Waals surface area (Å²) in [6.07, 6.45) is -2.34. The second kappa shape index (κ2) is 8.58.